The molecule has 1 aliphatic rings. The molecule has 0 amide bonds. The maximum atomic E-state index is 11.3. The molecule has 0 N–H and O–H groups in total. The molecule has 1 fully saturated rings. The van der Waals surface area contributed by atoms with Gasteiger partial charge in [0.15, 0.2) is 0 Å². The van der Waals surface area contributed by atoms with Crippen LogP contribution in [0.25, 0.3) is 0 Å². The van der Waals surface area contributed by atoms with Crippen molar-refractivity contribution in [2.24, 2.45) is 0 Å². The standard InChI is InChI=1S/C11H12O2S/c1-14-10-7-9(13-11(10)12)8-5-3-2-4-6-8/h2-6,9-10H,7H2,1H3/t9-,10-/m0/s1. The molecule has 0 radical (unpaired) electrons. The Labute approximate surface area is 87.6 Å². The molecule has 1 aliphatic heterocycles. The Morgan fingerprint density at radius 3 is 2.64 bits per heavy atom. The van der Waals surface area contributed by atoms with Crippen LogP contribution in [0.2, 0.25) is 0 Å². The number of ether oxygens (including phenoxy) is 1. The van der Waals surface area contributed by atoms with E-state index in [-0.39, 0.29) is 17.3 Å². The summed E-state index contributed by atoms with van der Waals surface area (Å²) in [5.41, 5.74) is 1.09. The molecule has 2 rings (SSSR count). The van der Waals surface area contributed by atoms with Gasteiger partial charge in [-0.3, -0.25) is 4.79 Å². The van der Waals surface area contributed by atoms with Gasteiger partial charge in [-0.1, -0.05) is 30.3 Å². The van der Waals surface area contributed by atoms with Gasteiger partial charge in [0, 0.05) is 6.42 Å². The van der Waals surface area contributed by atoms with Crippen LogP contribution in [0, 0.1) is 0 Å². The summed E-state index contributed by atoms with van der Waals surface area (Å²) in [7, 11) is 0. The van der Waals surface area contributed by atoms with E-state index >= 15 is 0 Å². The summed E-state index contributed by atoms with van der Waals surface area (Å²) in [6.07, 6.45) is 2.70. The molecule has 1 aromatic rings. The minimum atomic E-state index is -0.0775. The van der Waals surface area contributed by atoms with E-state index in [9.17, 15) is 4.79 Å². The first-order valence-corrected chi connectivity index (χ1v) is 5.88. The van der Waals surface area contributed by atoms with Gasteiger partial charge in [0.25, 0.3) is 0 Å². The Kier molecular flexibility index (Phi) is 2.77. The van der Waals surface area contributed by atoms with Gasteiger partial charge in [0.2, 0.25) is 0 Å². The molecule has 0 aromatic heterocycles. The lowest BCUT2D eigenvalue weighted by Gasteiger charge is -2.07. The lowest BCUT2D eigenvalue weighted by atomic mass is 10.1. The fourth-order valence-corrected chi connectivity index (χ4v) is 2.23. The van der Waals surface area contributed by atoms with Crippen molar-refractivity contribution in [3.05, 3.63) is 35.9 Å². The Balaban J connectivity index is 2.13. The zero-order valence-electron chi connectivity index (χ0n) is 7.97. The number of carbonyl (C=O) groups is 1. The molecule has 3 heteroatoms. The topological polar surface area (TPSA) is 26.3 Å². The zero-order valence-corrected chi connectivity index (χ0v) is 8.79. The van der Waals surface area contributed by atoms with Gasteiger partial charge in [0.05, 0.1) is 0 Å². The van der Waals surface area contributed by atoms with Crippen molar-refractivity contribution < 1.29 is 9.53 Å². The van der Waals surface area contributed by atoms with Gasteiger partial charge in [-0.25, -0.2) is 0 Å². The highest BCUT2D eigenvalue weighted by Gasteiger charge is 2.34. The number of rotatable bonds is 2. The van der Waals surface area contributed by atoms with Crippen molar-refractivity contribution in [1.29, 1.82) is 0 Å². The second-order valence-electron chi connectivity index (χ2n) is 3.30. The first-order chi connectivity index (χ1) is 6.81. The SMILES string of the molecule is CS[C@H]1C[C@@H](c2ccccc2)OC1=O. The number of esters is 1. The van der Waals surface area contributed by atoms with Crippen LogP contribution in [-0.2, 0) is 9.53 Å². The van der Waals surface area contributed by atoms with E-state index in [1.54, 1.807) is 11.8 Å². The molecular weight excluding hydrogens is 196 g/mol. The normalized spacial score (nSPS) is 26.2. The summed E-state index contributed by atoms with van der Waals surface area (Å²) in [6.45, 7) is 0. The third-order valence-electron chi connectivity index (χ3n) is 2.41. The lowest BCUT2D eigenvalue weighted by Crippen LogP contribution is -2.08. The molecule has 0 aliphatic carbocycles. The van der Waals surface area contributed by atoms with Crippen LogP contribution in [0.4, 0.5) is 0 Å². The van der Waals surface area contributed by atoms with Gasteiger partial charge < -0.3 is 4.74 Å². The van der Waals surface area contributed by atoms with Crippen LogP contribution in [-0.4, -0.2) is 17.5 Å². The van der Waals surface area contributed by atoms with Gasteiger partial charge in [-0.15, -0.1) is 0 Å². The van der Waals surface area contributed by atoms with E-state index in [1.165, 1.54) is 0 Å². The van der Waals surface area contributed by atoms with E-state index < -0.39 is 0 Å². The van der Waals surface area contributed by atoms with Crippen molar-refractivity contribution >= 4 is 17.7 Å². The molecule has 1 heterocycles. The molecule has 1 saturated heterocycles. The average Bonchev–Trinajstić information content (AvgIpc) is 2.61. The van der Waals surface area contributed by atoms with Crippen LogP contribution in [0.3, 0.4) is 0 Å². The van der Waals surface area contributed by atoms with Crippen molar-refractivity contribution in [2.75, 3.05) is 6.26 Å². The van der Waals surface area contributed by atoms with Crippen LogP contribution < -0.4 is 0 Å². The highest BCUT2D eigenvalue weighted by molar-refractivity contribution is 7.99. The van der Waals surface area contributed by atoms with Gasteiger partial charge in [-0.2, -0.15) is 11.8 Å². The second kappa shape index (κ2) is 4.05. The maximum Gasteiger partial charge on any atom is 0.319 e. The summed E-state index contributed by atoms with van der Waals surface area (Å²) in [5, 5.41) is 0.0141. The Hall–Kier alpha value is -0.960. The summed E-state index contributed by atoms with van der Waals surface area (Å²) in [6, 6.07) is 9.90. The van der Waals surface area contributed by atoms with E-state index in [0.717, 1.165) is 12.0 Å². The second-order valence-corrected chi connectivity index (χ2v) is 4.34. The molecule has 0 bridgehead atoms. The average molecular weight is 208 g/mol. The number of cyclic esters (lactones) is 1. The molecule has 2 atom stereocenters. The molecule has 1 aromatic carbocycles. The number of hydrogen-bond acceptors (Lipinski definition) is 3. The predicted molar refractivity (Wildman–Crippen MR) is 57.2 cm³/mol. The molecule has 0 saturated carbocycles. The minimum Gasteiger partial charge on any atom is -0.457 e. The van der Waals surface area contributed by atoms with Gasteiger partial charge >= 0.3 is 5.97 Å². The van der Waals surface area contributed by atoms with Crippen LogP contribution in [0.5, 0.6) is 0 Å². The highest BCUT2D eigenvalue weighted by atomic mass is 32.2. The third kappa shape index (κ3) is 1.77. The summed E-state index contributed by atoms with van der Waals surface area (Å²) >= 11 is 1.56. The Morgan fingerprint density at radius 1 is 1.36 bits per heavy atom. The van der Waals surface area contributed by atoms with Gasteiger partial charge in [-0.05, 0) is 11.8 Å². The largest absolute Gasteiger partial charge is 0.457 e. The van der Waals surface area contributed by atoms with E-state index in [0.29, 0.717) is 0 Å². The van der Waals surface area contributed by atoms with E-state index in [2.05, 4.69) is 0 Å². The summed E-state index contributed by atoms with van der Waals surface area (Å²) in [4.78, 5) is 11.3. The first kappa shape index (κ1) is 9.59. The molecule has 2 nitrogen and oxygen atoms in total. The number of benzene rings is 1. The summed E-state index contributed by atoms with van der Waals surface area (Å²) < 4.78 is 5.29. The van der Waals surface area contributed by atoms with Crippen LogP contribution in [0.1, 0.15) is 18.1 Å². The summed E-state index contributed by atoms with van der Waals surface area (Å²) in [5.74, 6) is -0.0775. The molecule has 0 unspecified atom stereocenters. The molecule has 0 spiro atoms. The maximum absolute atomic E-state index is 11.3. The predicted octanol–water partition coefficient (Wildman–Crippen LogP) is 2.41. The number of carbonyl (C=O) groups excluding carboxylic acids is 1. The van der Waals surface area contributed by atoms with Crippen molar-refractivity contribution in [2.45, 2.75) is 17.8 Å². The van der Waals surface area contributed by atoms with E-state index in [4.69, 9.17) is 4.74 Å². The van der Waals surface area contributed by atoms with Gasteiger partial charge in [0.1, 0.15) is 11.4 Å². The number of thioether (sulfide) groups is 1. The quantitative estimate of drug-likeness (QED) is 0.698. The smallest absolute Gasteiger partial charge is 0.319 e. The van der Waals surface area contributed by atoms with Crippen LogP contribution >= 0.6 is 11.8 Å². The van der Waals surface area contributed by atoms with Crippen molar-refractivity contribution in [3.8, 4) is 0 Å². The fraction of sp³-hybridized carbons (Fsp3) is 0.364. The fourth-order valence-electron chi connectivity index (χ4n) is 1.62. The number of hydrogen-bond donors (Lipinski definition) is 0. The zero-order chi connectivity index (χ0) is 9.97. The molecule has 74 valence electrons. The highest BCUT2D eigenvalue weighted by Crippen LogP contribution is 2.34. The Morgan fingerprint density at radius 2 is 2.07 bits per heavy atom. The third-order valence-corrected chi connectivity index (χ3v) is 3.36. The van der Waals surface area contributed by atoms with Crippen molar-refractivity contribution in [3.63, 3.8) is 0 Å². The minimum absolute atomic E-state index is 0.0141. The monoisotopic (exact) mass is 208 g/mol. The van der Waals surface area contributed by atoms with Crippen LogP contribution in [0.15, 0.2) is 30.3 Å². The van der Waals surface area contributed by atoms with Crippen molar-refractivity contribution in [1.82, 2.24) is 0 Å². The van der Waals surface area contributed by atoms with E-state index in [1.807, 2.05) is 36.6 Å². The first-order valence-electron chi connectivity index (χ1n) is 4.59. The molecular formula is C11H12O2S. The Bertz CT molecular complexity index is 323. The lowest BCUT2D eigenvalue weighted by molar-refractivity contribution is -0.141. The molecule has 14 heavy (non-hydrogen) atoms.